The van der Waals surface area contributed by atoms with Gasteiger partial charge in [-0.05, 0) is 32.0 Å². The third kappa shape index (κ3) is 3.00. The number of thioether (sulfide) groups is 1. The van der Waals surface area contributed by atoms with E-state index < -0.39 is 5.97 Å². The van der Waals surface area contributed by atoms with Crippen LogP contribution in [0.4, 0.5) is 0 Å². The monoisotopic (exact) mass is 348 g/mol. The quantitative estimate of drug-likeness (QED) is 0.419. The molecule has 3 rings (SSSR count). The van der Waals surface area contributed by atoms with E-state index in [1.807, 2.05) is 19.9 Å². The Balaban J connectivity index is 1.74. The van der Waals surface area contributed by atoms with Gasteiger partial charge in [-0.2, -0.15) is 5.10 Å². The highest BCUT2D eigenvalue weighted by Crippen LogP contribution is 2.23. The standard InChI is InChI=1S/C14H16N6O3S/c1-8-6-9(2)20(18-8)13-16-17-14(19(13)15)24-7-10-4-5-11(23-10)12(21)22-3/h4-6H,7,15H2,1-3H3. The van der Waals surface area contributed by atoms with Gasteiger partial charge in [0.25, 0.3) is 5.95 Å². The number of nitrogen functional groups attached to an aromatic ring is 1. The fraction of sp³-hybridized carbons (Fsp3) is 0.286. The summed E-state index contributed by atoms with van der Waals surface area (Å²) in [6.45, 7) is 3.81. The molecule has 9 nitrogen and oxygen atoms in total. The summed E-state index contributed by atoms with van der Waals surface area (Å²) in [5.41, 5.74) is 1.78. The van der Waals surface area contributed by atoms with E-state index in [-0.39, 0.29) is 5.76 Å². The number of esters is 1. The molecule has 0 atom stereocenters. The molecule has 0 fully saturated rings. The molecule has 2 N–H and O–H groups in total. The number of aryl methyl sites for hydroxylation is 2. The van der Waals surface area contributed by atoms with Crippen LogP contribution in [-0.2, 0) is 10.5 Å². The molecule has 0 aliphatic rings. The number of nitrogens with two attached hydrogens (primary N) is 1. The first-order chi connectivity index (χ1) is 11.5. The Labute approximate surface area is 141 Å². The maximum Gasteiger partial charge on any atom is 0.373 e. The van der Waals surface area contributed by atoms with Gasteiger partial charge in [-0.25, -0.2) is 14.2 Å². The third-order valence-electron chi connectivity index (χ3n) is 3.24. The maximum atomic E-state index is 11.4. The van der Waals surface area contributed by atoms with Crippen molar-refractivity contribution in [1.29, 1.82) is 0 Å². The van der Waals surface area contributed by atoms with Crippen molar-refractivity contribution in [2.75, 3.05) is 13.0 Å². The summed E-state index contributed by atoms with van der Waals surface area (Å²) in [4.78, 5) is 11.4. The minimum Gasteiger partial charge on any atom is -0.463 e. The lowest BCUT2D eigenvalue weighted by molar-refractivity contribution is 0.0563. The van der Waals surface area contributed by atoms with E-state index in [9.17, 15) is 4.79 Å². The summed E-state index contributed by atoms with van der Waals surface area (Å²) in [5, 5.41) is 13.0. The Morgan fingerprint density at radius 3 is 2.83 bits per heavy atom. The number of aromatic nitrogens is 5. The van der Waals surface area contributed by atoms with Gasteiger partial charge in [-0.1, -0.05) is 11.8 Å². The molecule has 3 aromatic heterocycles. The molecule has 0 aromatic carbocycles. The zero-order valence-corrected chi connectivity index (χ0v) is 14.2. The molecule has 0 bridgehead atoms. The van der Waals surface area contributed by atoms with Crippen LogP contribution in [0.5, 0.6) is 0 Å². The predicted molar refractivity (Wildman–Crippen MR) is 86.4 cm³/mol. The number of hydrogen-bond acceptors (Lipinski definition) is 8. The molecular weight excluding hydrogens is 332 g/mol. The normalized spacial score (nSPS) is 11.0. The molecule has 0 radical (unpaired) electrons. The van der Waals surface area contributed by atoms with Crippen molar-refractivity contribution in [3.05, 3.63) is 41.1 Å². The SMILES string of the molecule is COC(=O)c1ccc(CSc2nnc(-n3nc(C)cc3C)n2N)o1. The van der Waals surface area contributed by atoms with Crippen LogP contribution in [0.25, 0.3) is 5.95 Å². The van der Waals surface area contributed by atoms with E-state index in [0.717, 1.165) is 11.4 Å². The third-order valence-corrected chi connectivity index (χ3v) is 4.20. The van der Waals surface area contributed by atoms with Crippen LogP contribution >= 0.6 is 11.8 Å². The lowest BCUT2D eigenvalue weighted by atomic mass is 10.4. The summed E-state index contributed by atoms with van der Waals surface area (Å²) in [7, 11) is 1.30. The van der Waals surface area contributed by atoms with Gasteiger partial charge >= 0.3 is 5.97 Å². The Hall–Kier alpha value is -2.75. The van der Waals surface area contributed by atoms with Crippen molar-refractivity contribution < 1.29 is 13.9 Å². The molecule has 0 spiro atoms. The second-order valence-corrected chi connectivity index (χ2v) is 5.98. The van der Waals surface area contributed by atoms with E-state index in [1.54, 1.807) is 16.8 Å². The Morgan fingerprint density at radius 2 is 2.17 bits per heavy atom. The van der Waals surface area contributed by atoms with Crippen molar-refractivity contribution in [2.45, 2.75) is 24.8 Å². The average Bonchev–Trinajstić information content (AvgIpc) is 3.24. The van der Waals surface area contributed by atoms with Crippen molar-refractivity contribution in [2.24, 2.45) is 0 Å². The second-order valence-electron chi connectivity index (χ2n) is 5.04. The molecule has 0 amide bonds. The highest BCUT2D eigenvalue weighted by Gasteiger charge is 2.16. The maximum absolute atomic E-state index is 11.4. The molecule has 24 heavy (non-hydrogen) atoms. The van der Waals surface area contributed by atoms with Gasteiger partial charge in [-0.15, -0.1) is 10.2 Å². The number of hydrogen-bond donors (Lipinski definition) is 1. The van der Waals surface area contributed by atoms with E-state index in [2.05, 4.69) is 20.0 Å². The summed E-state index contributed by atoms with van der Waals surface area (Å²) < 4.78 is 13.0. The Bertz CT molecular complexity index is 881. The number of furan rings is 1. The summed E-state index contributed by atoms with van der Waals surface area (Å²) in [6.07, 6.45) is 0. The Kier molecular flexibility index (Phi) is 4.30. The van der Waals surface area contributed by atoms with Crippen LogP contribution in [0.1, 0.15) is 27.7 Å². The smallest absolute Gasteiger partial charge is 0.373 e. The van der Waals surface area contributed by atoms with Gasteiger partial charge in [0.05, 0.1) is 18.6 Å². The molecule has 0 aliphatic heterocycles. The summed E-state index contributed by atoms with van der Waals surface area (Å²) in [6, 6.07) is 5.20. The first-order valence-electron chi connectivity index (χ1n) is 7.03. The largest absolute Gasteiger partial charge is 0.463 e. The second kappa shape index (κ2) is 6.40. The number of rotatable bonds is 5. The van der Waals surface area contributed by atoms with Crippen LogP contribution < -0.4 is 5.84 Å². The molecule has 0 saturated carbocycles. The summed E-state index contributed by atoms with van der Waals surface area (Å²) in [5.74, 6) is 7.19. The minimum atomic E-state index is -0.514. The van der Waals surface area contributed by atoms with E-state index >= 15 is 0 Å². The van der Waals surface area contributed by atoms with E-state index in [1.165, 1.54) is 23.5 Å². The van der Waals surface area contributed by atoms with Crippen LogP contribution in [0.3, 0.4) is 0 Å². The van der Waals surface area contributed by atoms with Crippen LogP contribution in [-0.4, -0.2) is 37.7 Å². The highest BCUT2D eigenvalue weighted by molar-refractivity contribution is 7.98. The van der Waals surface area contributed by atoms with Crippen LogP contribution in [0.2, 0.25) is 0 Å². The first kappa shape index (κ1) is 16.1. The van der Waals surface area contributed by atoms with E-state index in [0.29, 0.717) is 22.6 Å². The van der Waals surface area contributed by atoms with Gasteiger partial charge < -0.3 is 15.0 Å². The number of ether oxygens (including phenoxy) is 1. The van der Waals surface area contributed by atoms with Crippen molar-refractivity contribution >= 4 is 17.7 Å². The molecular formula is C14H16N6O3S. The summed E-state index contributed by atoms with van der Waals surface area (Å²) >= 11 is 1.34. The molecule has 126 valence electrons. The van der Waals surface area contributed by atoms with E-state index in [4.69, 9.17) is 10.3 Å². The van der Waals surface area contributed by atoms with Crippen LogP contribution in [0.15, 0.2) is 27.8 Å². The average molecular weight is 348 g/mol. The number of carbonyl (C=O) groups is 1. The molecule has 0 saturated heterocycles. The minimum absolute atomic E-state index is 0.158. The molecule has 3 heterocycles. The van der Waals surface area contributed by atoms with Gasteiger partial charge in [0.1, 0.15) is 5.76 Å². The predicted octanol–water partition coefficient (Wildman–Crippen LogP) is 1.47. The fourth-order valence-corrected chi connectivity index (χ4v) is 2.89. The molecule has 3 aromatic rings. The number of methoxy groups -OCH3 is 1. The van der Waals surface area contributed by atoms with Gasteiger partial charge in [0.15, 0.2) is 0 Å². The topological polar surface area (TPSA) is 114 Å². The van der Waals surface area contributed by atoms with Crippen molar-refractivity contribution in [1.82, 2.24) is 24.7 Å². The zero-order valence-electron chi connectivity index (χ0n) is 13.4. The van der Waals surface area contributed by atoms with Crippen molar-refractivity contribution in [3.63, 3.8) is 0 Å². The fourth-order valence-electron chi connectivity index (χ4n) is 2.15. The Morgan fingerprint density at radius 1 is 1.38 bits per heavy atom. The number of nitrogens with zero attached hydrogens (tertiary/aromatic N) is 5. The van der Waals surface area contributed by atoms with Crippen LogP contribution in [0, 0.1) is 13.8 Å². The van der Waals surface area contributed by atoms with Crippen molar-refractivity contribution in [3.8, 4) is 5.95 Å². The lowest BCUT2D eigenvalue weighted by Crippen LogP contribution is -2.17. The molecule has 10 heteroatoms. The number of carbonyl (C=O) groups excluding carboxylic acids is 1. The van der Waals surface area contributed by atoms with Gasteiger partial charge in [0.2, 0.25) is 10.9 Å². The highest BCUT2D eigenvalue weighted by atomic mass is 32.2. The van der Waals surface area contributed by atoms with Gasteiger partial charge in [0, 0.05) is 5.69 Å². The molecule has 0 aliphatic carbocycles. The lowest BCUT2D eigenvalue weighted by Gasteiger charge is -2.04. The first-order valence-corrected chi connectivity index (χ1v) is 8.02. The van der Waals surface area contributed by atoms with Gasteiger partial charge in [-0.3, -0.25) is 0 Å². The zero-order chi connectivity index (χ0) is 17.3. The molecule has 0 unspecified atom stereocenters.